The first kappa shape index (κ1) is 26.5. The number of rotatable bonds is 11. The molecule has 2 fully saturated rings. The van der Waals surface area contributed by atoms with Crippen molar-refractivity contribution in [2.75, 3.05) is 39.7 Å². The van der Waals surface area contributed by atoms with Gasteiger partial charge in [-0.2, -0.15) is 0 Å². The van der Waals surface area contributed by atoms with E-state index in [1.165, 1.54) is 13.4 Å². The van der Waals surface area contributed by atoms with Gasteiger partial charge in [0.1, 0.15) is 0 Å². The van der Waals surface area contributed by atoms with Gasteiger partial charge in [0.05, 0.1) is 44.0 Å². The number of hydrogen-bond donors (Lipinski definition) is 0. The molecule has 0 aromatic heterocycles. The van der Waals surface area contributed by atoms with Gasteiger partial charge in [0, 0.05) is 38.1 Å². The number of allylic oxidation sites excluding steroid dienone is 2. The molecule has 188 valence electrons. The molecule has 0 radical (unpaired) electrons. The van der Waals surface area contributed by atoms with E-state index in [2.05, 4.69) is 21.8 Å². The van der Waals surface area contributed by atoms with Gasteiger partial charge in [0.15, 0.2) is 15.6 Å². The molecule has 8 nitrogen and oxygen atoms in total. The highest BCUT2D eigenvalue weighted by molar-refractivity contribution is 7.90. The SMILES string of the molecule is COC(=O)CCCC=CC[C@H]1[C@H](N2CCOCC2)C(=O)C[C@H]1OCc1ccc(S(C)(=O)=O)cc1. The first-order chi connectivity index (χ1) is 16.3. The topological polar surface area (TPSA) is 99.2 Å². The van der Waals surface area contributed by atoms with Crippen molar-refractivity contribution in [3.63, 3.8) is 0 Å². The Morgan fingerprint density at radius 3 is 2.53 bits per heavy atom. The highest BCUT2D eigenvalue weighted by Crippen LogP contribution is 2.34. The zero-order valence-corrected chi connectivity index (χ0v) is 20.8. The number of carbonyl (C=O) groups is 2. The number of methoxy groups -OCH3 is 1. The summed E-state index contributed by atoms with van der Waals surface area (Å²) in [5.74, 6) is 0.0152. The second kappa shape index (κ2) is 12.6. The zero-order chi connectivity index (χ0) is 24.6. The van der Waals surface area contributed by atoms with Crippen molar-refractivity contribution < 1.29 is 32.2 Å². The van der Waals surface area contributed by atoms with Crippen molar-refractivity contribution >= 4 is 21.6 Å². The van der Waals surface area contributed by atoms with Crippen LogP contribution in [0, 0.1) is 5.92 Å². The van der Waals surface area contributed by atoms with Crippen LogP contribution < -0.4 is 0 Å². The Labute approximate surface area is 202 Å². The van der Waals surface area contributed by atoms with Crippen LogP contribution in [0.5, 0.6) is 0 Å². The lowest BCUT2D eigenvalue weighted by atomic mass is 9.95. The highest BCUT2D eigenvalue weighted by atomic mass is 32.2. The van der Waals surface area contributed by atoms with Crippen LogP contribution >= 0.6 is 0 Å². The summed E-state index contributed by atoms with van der Waals surface area (Å²) in [5, 5.41) is 0. The number of Topliss-reactive ketones (excluding diaryl/α,β-unsaturated/α-hetero) is 1. The maximum atomic E-state index is 13.0. The fourth-order valence-electron chi connectivity index (χ4n) is 4.58. The maximum absolute atomic E-state index is 13.0. The molecular weight excluding hydrogens is 458 g/mol. The summed E-state index contributed by atoms with van der Waals surface area (Å²) >= 11 is 0. The predicted molar refractivity (Wildman–Crippen MR) is 127 cm³/mol. The Kier molecular flexibility index (Phi) is 9.82. The lowest BCUT2D eigenvalue weighted by Gasteiger charge is -2.35. The molecule has 0 N–H and O–H groups in total. The quantitative estimate of drug-likeness (QED) is 0.263. The molecule has 1 saturated carbocycles. The summed E-state index contributed by atoms with van der Waals surface area (Å²) in [4.78, 5) is 26.7. The average molecular weight is 494 g/mol. The van der Waals surface area contributed by atoms with Gasteiger partial charge >= 0.3 is 5.97 Å². The second-order valence-corrected chi connectivity index (χ2v) is 10.9. The van der Waals surface area contributed by atoms with Crippen molar-refractivity contribution in [3.8, 4) is 0 Å². The molecular formula is C25H35NO7S. The molecule has 1 aliphatic heterocycles. The van der Waals surface area contributed by atoms with E-state index in [0.717, 1.165) is 31.5 Å². The lowest BCUT2D eigenvalue weighted by Crippen LogP contribution is -2.49. The van der Waals surface area contributed by atoms with E-state index in [1.807, 2.05) is 0 Å². The van der Waals surface area contributed by atoms with E-state index in [0.29, 0.717) is 39.1 Å². The molecule has 9 heteroatoms. The second-order valence-electron chi connectivity index (χ2n) is 8.87. The molecule has 3 atom stereocenters. The Balaban J connectivity index is 1.63. The van der Waals surface area contributed by atoms with Crippen molar-refractivity contribution in [1.29, 1.82) is 0 Å². The molecule has 34 heavy (non-hydrogen) atoms. The summed E-state index contributed by atoms with van der Waals surface area (Å²) in [6.45, 7) is 3.03. The van der Waals surface area contributed by atoms with Crippen LogP contribution in [0.2, 0.25) is 0 Å². The Hall–Kier alpha value is -2.07. The monoisotopic (exact) mass is 493 g/mol. The molecule has 0 unspecified atom stereocenters. The lowest BCUT2D eigenvalue weighted by molar-refractivity contribution is -0.140. The number of carbonyl (C=O) groups excluding carboxylic acids is 2. The number of ether oxygens (including phenoxy) is 3. The number of unbranched alkanes of at least 4 members (excludes halogenated alkanes) is 1. The van der Waals surface area contributed by atoms with Gasteiger partial charge in [0.25, 0.3) is 0 Å². The van der Waals surface area contributed by atoms with Crippen molar-refractivity contribution in [3.05, 3.63) is 42.0 Å². The van der Waals surface area contributed by atoms with Crippen LogP contribution in [0.4, 0.5) is 0 Å². The number of nitrogens with zero attached hydrogens (tertiary/aromatic N) is 1. The van der Waals surface area contributed by atoms with E-state index < -0.39 is 9.84 Å². The average Bonchev–Trinajstić information content (AvgIpc) is 3.14. The first-order valence-electron chi connectivity index (χ1n) is 11.8. The van der Waals surface area contributed by atoms with Crippen LogP contribution in [-0.2, 0) is 40.2 Å². The highest BCUT2D eigenvalue weighted by Gasteiger charge is 2.45. The standard InChI is InChI=1S/C25H35NO7S/c1-31-24(28)8-6-4-3-5-7-21-23(17-22(27)25(21)26-13-15-32-16-14-26)33-18-19-9-11-20(12-10-19)34(2,29)30/h3,5,9-12,21,23,25H,4,6-8,13-18H2,1-2H3/t21-,23-,25+/m1/s1. The third kappa shape index (κ3) is 7.46. The molecule has 2 aliphatic rings. The molecule has 1 aliphatic carbocycles. The van der Waals surface area contributed by atoms with Crippen molar-refractivity contribution in [2.45, 2.75) is 55.8 Å². The minimum atomic E-state index is -3.24. The van der Waals surface area contributed by atoms with E-state index in [9.17, 15) is 18.0 Å². The van der Waals surface area contributed by atoms with Crippen molar-refractivity contribution in [1.82, 2.24) is 4.90 Å². The Morgan fingerprint density at radius 1 is 1.18 bits per heavy atom. The number of hydrogen-bond acceptors (Lipinski definition) is 8. The summed E-state index contributed by atoms with van der Waals surface area (Å²) < 4.78 is 39.7. The molecule has 0 spiro atoms. The molecule has 0 bridgehead atoms. The van der Waals surface area contributed by atoms with Crippen LogP contribution in [0.15, 0.2) is 41.3 Å². The predicted octanol–water partition coefficient (Wildman–Crippen LogP) is 2.55. The van der Waals surface area contributed by atoms with Crippen LogP contribution in [0.25, 0.3) is 0 Å². The fraction of sp³-hybridized carbons (Fsp3) is 0.600. The smallest absolute Gasteiger partial charge is 0.305 e. The Morgan fingerprint density at radius 2 is 1.88 bits per heavy atom. The van der Waals surface area contributed by atoms with E-state index >= 15 is 0 Å². The summed E-state index contributed by atoms with van der Waals surface area (Å²) in [6, 6.07) is 6.48. The third-order valence-electron chi connectivity index (χ3n) is 6.42. The third-order valence-corrected chi connectivity index (χ3v) is 7.55. The fourth-order valence-corrected chi connectivity index (χ4v) is 5.21. The van der Waals surface area contributed by atoms with E-state index in [1.54, 1.807) is 24.3 Å². The number of benzene rings is 1. The normalized spacial score (nSPS) is 24.1. The summed E-state index contributed by atoms with van der Waals surface area (Å²) in [5.41, 5.74) is 0.867. The molecule has 1 aromatic carbocycles. The Bertz CT molecular complexity index is 952. The van der Waals surface area contributed by atoms with Gasteiger partial charge < -0.3 is 14.2 Å². The molecule has 1 aromatic rings. The molecule has 3 rings (SSSR count). The van der Waals surface area contributed by atoms with Crippen LogP contribution in [0.3, 0.4) is 0 Å². The van der Waals surface area contributed by atoms with Gasteiger partial charge in [-0.25, -0.2) is 8.42 Å². The van der Waals surface area contributed by atoms with Gasteiger partial charge in [-0.1, -0.05) is 24.3 Å². The molecule has 1 heterocycles. The maximum Gasteiger partial charge on any atom is 0.305 e. The summed E-state index contributed by atoms with van der Waals surface area (Å²) in [6.07, 6.45) is 8.08. The number of esters is 1. The van der Waals surface area contributed by atoms with Crippen LogP contribution in [-0.4, -0.2) is 76.9 Å². The largest absolute Gasteiger partial charge is 0.469 e. The molecule has 0 amide bonds. The number of morpholine rings is 1. The zero-order valence-electron chi connectivity index (χ0n) is 20.0. The van der Waals surface area contributed by atoms with E-state index in [-0.39, 0.29) is 34.7 Å². The van der Waals surface area contributed by atoms with Gasteiger partial charge in [-0.3, -0.25) is 14.5 Å². The van der Waals surface area contributed by atoms with Gasteiger partial charge in [-0.15, -0.1) is 0 Å². The van der Waals surface area contributed by atoms with E-state index in [4.69, 9.17) is 9.47 Å². The minimum Gasteiger partial charge on any atom is -0.469 e. The van der Waals surface area contributed by atoms with Crippen molar-refractivity contribution in [2.24, 2.45) is 5.92 Å². The first-order valence-corrected chi connectivity index (χ1v) is 13.7. The van der Waals surface area contributed by atoms with Crippen LogP contribution in [0.1, 0.15) is 37.7 Å². The van der Waals surface area contributed by atoms with Gasteiger partial charge in [0.2, 0.25) is 0 Å². The summed E-state index contributed by atoms with van der Waals surface area (Å²) in [7, 11) is -1.85. The number of sulfone groups is 1. The molecule has 1 saturated heterocycles. The van der Waals surface area contributed by atoms with Gasteiger partial charge in [-0.05, 0) is 37.0 Å². The number of ketones is 1. The minimum absolute atomic E-state index is 0.0257.